The lowest BCUT2D eigenvalue weighted by Gasteiger charge is -2.17. The van der Waals surface area contributed by atoms with Crippen LogP contribution in [0, 0.1) is 19.8 Å². The number of amides is 2. The average molecular weight is 425 g/mol. The number of halogens is 1. The van der Waals surface area contributed by atoms with Crippen molar-refractivity contribution in [3.8, 4) is 0 Å². The molecular formula is C23H25ClN4O2. The van der Waals surface area contributed by atoms with Crippen molar-refractivity contribution in [2.75, 3.05) is 13.1 Å². The van der Waals surface area contributed by atoms with Gasteiger partial charge in [0, 0.05) is 40.9 Å². The minimum atomic E-state index is -0.184. The third-order valence-corrected chi connectivity index (χ3v) is 6.10. The Morgan fingerprint density at radius 3 is 2.93 bits per heavy atom. The highest BCUT2D eigenvalue weighted by Crippen LogP contribution is 2.27. The van der Waals surface area contributed by atoms with E-state index in [9.17, 15) is 9.59 Å². The second kappa shape index (κ2) is 8.48. The molecule has 0 radical (unpaired) electrons. The molecule has 0 aliphatic carbocycles. The molecule has 0 spiro atoms. The van der Waals surface area contributed by atoms with Crippen LogP contribution in [0.4, 0.5) is 0 Å². The van der Waals surface area contributed by atoms with E-state index >= 15 is 0 Å². The van der Waals surface area contributed by atoms with Crippen LogP contribution in [0.25, 0.3) is 10.9 Å². The lowest BCUT2D eigenvalue weighted by Crippen LogP contribution is -2.35. The summed E-state index contributed by atoms with van der Waals surface area (Å²) in [6, 6.07) is 9.51. The Morgan fingerprint density at radius 1 is 1.30 bits per heavy atom. The number of hydrogen-bond donors (Lipinski definition) is 2. The molecule has 30 heavy (non-hydrogen) atoms. The number of carbonyl (C=O) groups is 2. The maximum atomic E-state index is 12.9. The van der Waals surface area contributed by atoms with Crippen molar-refractivity contribution >= 4 is 34.3 Å². The molecule has 6 nitrogen and oxygen atoms in total. The largest absolute Gasteiger partial charge is 0.358 e. The fraction of sp³-hybridized carbons (Fsp3) is 0.348. The minimum Gasteiger partial charge on any atom is -0.358 e. The van der Waals surface area contributed by atoms with Crippen LogP contribution in [0.5, 0.6) is 0 Å². The standard InChI is InChI=1S/C23H25ClN4O2/c1-14-4-3-8-25-21(14)12-26-23(30)16-7-9-28(13-16)22(29)11-18-15(2)27-20-6-5-17(24)10-19(18)20/h3-6,8,10,16,27H,7,9,11-13H2,1-2H3,(H,26,30). The van der Waals surface area contributed by atoms with Crippen LogP contribution in [-0.2, 0) is 22.6 Å². The summed E-state index contributed by atoms with van der Waals surface area (Å²) in [5, 5.41) is 4.60. The van der Waals surface area contributed by atoms with Gasteiger partial charge in [0.05, 0.1) is 24.6 Å². The highest BCUT2D eigenvalue weighted by Gasteiger charge is 2.31. The van der Waals surface area contributed by atoms with Crippen LogP contribution < -0.4 is 5.32 Å². The highest BCUT2D eigenvalue weighted by molar-refractivity contribution is 6.31. The molecule has 0 bridgehead atoms. The number of nitrogens with one attached hydrogen (secondary N) is 2. The molecule has 1 aliphatic rings. The van der Waals surface area contributed by atoms with E-state index in [2.05, 4.69) is 15.3 Å². The van der Waals surface area contributed by atoms with Crippen LogP contribution in [0.1, 0.15) is 28.9 Å². The summed E-state index contributed by atoms with van der Waals surface area (Å²) in [6.07, 6.45) is 2.70. The van der Waals surface area contributed by atoms with E-state index in [0.717, 1.165) is 33.4 Å². The maximum Gasteiger partial charge on any atom is 0.227 e. The van der Waals surface area contributed by atoms with Gasteiger partial charge < -0.3 is 15.2 Å². The Bertz CT molecular complexity index is 1110. The number of aromatic amines is 1. The summed E-state index contributed by atoms with van der Waals surface area (Å²) in [5.41, 5.74) is 4.83. The third-order valence-electron chi connectivity index (χ3n) is 5.87. The van der Waals surface area contributed by atoms with E-state index < -0.39 is 0 Å². The van der Waals surface area contributed by atoms with E-state index in [1.54, 1.807) is 11.1 Å². The molecular weight excluding hydrogens is 400 g/mol. The molecule has 1 fully saturated rings. The number of likely N-dealkylation sites (tertiary alicyclic amines) is 1. The number of fused-ring (bicyclic) bond motifs is 1. The first-order valence-electron chi connectivity index (χ1n) is 10.1. The smallest absolute Gasteiger partial charge is 0.227 e. The van der Waals surface area contributed by atoms with Crippen molar-refractivity contribution in [2.24, 2.45) is 5.92 Å². The Morgan fingerprint density at radius 2 is 2.13 bits per heavy atom. The topological polar surface area (TPSA) is 78.1 Å². The SMILES string of the molecule is Cc1cccnc1CNC(=O)C1CCN(C(=O)Cc2c(C)[nH]c3ccc(Cl)cc23)C1. The first-order valence-corrected chi connectivity index (χ1v) is 10.5. The number of H-pyrrole nitrogens is 1. The van der Waals surface area contributed by atoms with Gasteiger partial charge in [-0.05, 0) is 55.7 Å². The molecule has 1 aliphatic heterocycles. The summed E-state index contributed by atoms with van der Waals surface area (Å²) in [4.78, 5) is 34.9. The van der Waals surface area contributed by atoms with Crippen molar-refractivity contribution < 1.29 is 9.59 Å². The molecule has 4 rings (SSSR count). The fourth-order valence-corrected chi connectivity index (χ4v) is 4.24. The lowest BCUT2D eigenvalue weighted by molar-refractivity contribution is -0.130. The fourth-order valence-electron chi connectivity index (χ4n) is 4.06. The molecule has 7 heteroatoms. The number of carbonyl (C=O) groups excluding carboxylic acids is 2. The number of aryl methyl sites for hydroxylation is 2. The van der Waals surface area contributed by atoms with Crippen molar-refractivity contribution in [1.82, 2.24) is 20.2 Å². The zero-order valence-electron chi connectivity index (χ0n) is 17.2. The van der Waals surface area contributed by atoms with Crippen molar-refractivity contribution in [3.63, 3.8) is 0 Å². The second-order valence-corrected chi connectivity index (χ2v) is 8.34. The molecule has 2 aromatic heterocycles. The van der Waals surface area contributed by atoms with Crippen molar-refractivity contribution in [2.45, 2.75) is 33.2 Å². The summed E-state index contributed by atoms with van der Waals surface area (Å²) in [5.74, 6) is -0.170. The molecule has 0 saturated carbocycles. The number of rotatable bonds is 5. The number of aromatic nitrogens is 2. The predicted octanol–water partition coefficient (Wildman–Crippen LogP) is 3.54. The molecule has 1 aromatic carbocycles. The van der Waals surface area contributed by atoms with Crippen molar-refractivity contribution in [3.05, 3.63) is 64.1 Å². The maximum absolute atomic E-state index is 12.9. The van der Waals surface area contributed by atoms with Gasteiger partial charge in [-0.15, -0.1) is 0 Å². The predicted molar refractivity (Wildman–Crippen MR) is 117 cm³/mol. The minimum absolute atomic E-state index is 0.0228. The van der Waals surface area contributed by atoms with E-state index in [0.29, 0.717) is 37.5 Å². The molecule has 2 amide bonds. The summed E-state index contributed by atoms with van der Waals surface area (Å²) in [6.45, 7) is 5.40. The zero-order chi connectivity index (χ0) is 21.3. The van der Waals surface area contributed by atoms with Crippen LogP contribution in [-0.4, -0.2) is 39.8 Å². The molecule has 1 saturated heterocycles. The van der Waals surface area contributed by atoms with Gasteiger partial charge in [0.15, 0.2) is 0 Å². The molecule has 1 unspecified atom stereocenters. The van der Waals surface area contributed by atoms with Gasteiger partial charge in [0.2, 0.25) is 11.8 Å². The Labute approximate surface area is 180 Å². The first kappa shape index (κ1) is 20.4. The van der Waals surface area contributed by atoms with Gasteiger partial charge in [-0.2, -0.15) is 0 Å². The quantitative estimate of drug-likeness (QED) is 0.657. The number of benzene rings is 1. The lowest BCUT2D eigenvalue weighted by atomic mass is 10.1. The van der Waals surface area contributed by atoms with Crippen LogP contribution >= 0.6 is 11.6 Å². The van der Waals surface area contributed by atoms with Gasteiger partial charge in [-0.1, -0.05) is 17.7 Å². The normalized spacial score (nSPS) is 16.2. The van der Waals surface area contributed by atoms with Gasteiger partial charge in [0.1, 0.15) is 0 Å². The Balaban J connectivity index is 1.37. The van der Waals surface area contributed by atoms with Gasteiger partial charge >= 0.3 is 0 Å². The molecule has 156 valence electrons. The van der Waals surface area contributed by atoms with Gasteiger partial charge in [0.25, 0.3) is 0 Å². The second-order valence-electron chi connectivity index (χ2n) is 7.91. The van der Waals surface area contributed by atoms with E-state index in [-0.39, 0.29) is 17.7 Å². The van der Waals surface area contributed by atoms with Gasteiger partial charge in [-0.3, -0.25) is 14.6 Å². The first-order chi connectivity index (χ1) is 14.4. The highest BCUT2D eigenvalue weighted by atomic mass is 35.5. The van der Waals surface area contributed by atoms with E-state index in [4.69, 9.17) is 11.6 Å². The summed E-state index contributed by atoms with van der Waals surface area (Å²) >= 11 is 6.14. The van der Waals surface area contributed by atoms with Crippen LogP contribution in [0.3, 0.4) is 0 Å². The molecule has 2 N–H and O–H groups in total. The van der Waals surface area contributed by atoms with Crippen molar-refractivity contribution in [1.29, 1.82) is 0 Å². The molecule has 1 atom stereocenters. The van der Waals surface area contributed by atoms with Gasteiger partial charge in [-0.25, -0.2) is 0 Å². The molecule has 3 aromatic rings. The van der Waals surface area contributed by atoms with Crippen LogP contribution in [0.2, 0.25) is 5.02 Å². The summed E-state index contributed by atoms with van der Waals surface area (Å²) in [7, 11) is 0. The summed E-state index contributed by atoms with van der Waals surface area (Å²) < 4.78 is 0. The van der Waals surface area contributed by atoms with Crippen LogP contribution in [0.15, 0.2) is 36.5 Å². The number of pyridine rings is 1. The monoisotopic (exact) mass is 424 g/mol. The number of hydrogen-bond acceptors (Lipinski definition) is 3. The number of nitrogens with zero attached hydrogens (tertiary/aromatic N) is 2. The van der Waals surface area contributed by atoms with E-state index in [1.807, 2.05) is 44.2 Å². The Kier molecular flexibility index (Phi) is 5.77. The third kappa shape index (κ3) is 4.19. The average Bonchev–Trinajstić information content (AvgIpc) is 3.33. The Hall–Kier alpha value is -2.86. The van der Waals surface area contributed by atoms with E-state index in [1.165, 1.54) is 0 Å². The zero-order valence-corrected chi connectivity index (χ0v) is 17.9. The molecule has 3 heterocycles.